The van der Waals surface area contributed by atoms with Gasteiger partial charge in [0.15, 0.2) is 11.5 Å². The molecule has 1 heterocycles. The van der Waals surface area contributed by atoms with Crippen LogP contribution in [0.2, 0.25) is 5.02 Å². The summed E-state index contributed by atoms with van der Waals surface area (Å²) in [5, 5.41) is 6.27. The molecule has 8 heteroatoms. The van der Waals surface area contributed by atoms with Gasteiger partial charge in [0, 0.05) is 31.9 Å². The topological polar surface area (TPSA) is 85.4 Å². The molecule has 0 unspecified atom stereocenters. The average Bonchev–Trinajstić information content (AvgIpc) is 2.62. The van der Waals surface area contributed by atoms with Crippen molar-refractivity contribution in [3.8, 4) is 11.5 Å². The van der Waals surface area contributed by atoms with E-state index in [0.29, 0.717) is 48.6 Å². The third-order valence-electron chi connectivity index (χ3n) is 3.27. The van der Waals surface area contributed by atoms with Crippen molar-refractivity contribution >= 4 is 23.5 Å². The Bertz CT molecular complexity index is 698. The van der Waals surface area contributed by atoms with Gasteiger partial charge in [-0.15, -0.1) is 0 Å². The van der Waals surface area contributed by atoms with Crippen molar-refractivity contribution < 1.29 is 14.3 Å². The molecule has 1 amide bonds. The fraction of sp³-hybridized carbons (Fsp3) is 0.353. The monoisotopic (exact) mass is 364 g/mol. The maximum Gasteiger partial charge on any atom is 0.222 e. The number of carbonyl (C=O) groups is 1. The smallest absolute Gasteiger partial charge is 0.222 e. The first-order valence-corrected chi connectivity index (χ1v) is 8.28. The molecule has 25 heavy (non-hydrogen) atoms. The molecule has 0 atom stereocenters. The number of halogens is 1. The van der Waals surface area contributed by atoms with Crippen LogP contribution < -0.4 is 20.1 Å². The molecule has 2 N–H and O–H groups in total. The number of benzene rings is 1. The van der Waals surface area contributed by atoms with Gasteiger partial charge >= 0.3 is 0 Å². The van der Waals surface area contributed by atoms with Crippen LogP contribution in [0.25, 0.3) is 0 Å². The van der Waals surface area contributed by atoms with Crippen LogP contribution in [0.4, 0.5) is 5.95 Å². The van der Waals surface area contributed by atoms with E-state index in [4.69, 9.17) is 21.1 Å². The summed E-state index contributed by atoms with van der Waals surface area (Å²) in [5.41, 5.74) is 0.831. The molecule has 2 rings (SSSR count). The van der Waals surface area contributed by atoms with E-state index in [9.17, 15) is 4.79 Å². The van der Waals surface area contributed by atoms with Crippen molar-refractivity contribution in [2.75, 3.05) is 25.6 Å². The predicted octanol–water partition coefficient (Wildman–Crippen LogP) is 2.66. The number of nitrogens with one attached hydrogen (secondary N) is 2. The molecule has 0 fully saturated rings. The lowest BCUT2D eigenvalue weighted by atomic mass is 10.2. The molecule has 1 aromatic heterocycles. The van der Waals surface area contributed by atoms with Crippen molar-refractivity contribution in [2.24, 2.45) is 0 Å². The summed E-state index contributed by atoms with van der Waals surface area (Å²) in [4.78, 5) is 20.0. The number of nitrogens with zero attached hydrogens (tertiary/aromatic N) is 2. The number of rotatable bonds is 9. The Hall–Kier alpha value is -2.54. The Morgan fingerprint density at radius 3 is 2.72 bits per heavy atom. The second-order valence-electron chi connectivity index (χ2n) is 5.07. The highest BCUT2D eigenvalue weighted by Crippen LogP contribution is 2.36. The normalized spacial score (nSPS) is 10.2. The molecule has 0 spiro atoms. The largest absolute Gasteiger partial charge is 0.493 e. The lowest BCUT2D eigenvalue weighted by Crippen LogP contribution is -2.25. The van der Waals surface area contributed by atoms with Crippen LogP contribution >= 0.6 is 11.6 Å². The molecular weight excluding hydrogens is 344 g/mol. The standard InChI is InChI=1S/C17H21ClN4O3/c1-3-25-16-13(18)9-12(10-14(16)24-2)11-22-15(23)5-8-21-17-19-6-4-7-20-17/h4,6-7,9-10H,3,5,8,11H2,1-2H3,(H,22,23)(H,19,20,21). The summed E-state index contributed by atoms with van der Waals surface area (Å²) in [6.45, 7) is 3.16. The van der Waals surface area contributed by atoms with Crippen molar-refractivity contribution in [3.05, 3.63) is 41.2 Å². The van der Waals surface area contributed by atoms with Gasteiger partial charge in [-0.05, 0) is 30.7 Å². The summed E-state index contributed by atoms with van der Waals surface area (Å²) >= 11 is 6.22. The molecule has 0 bridgehead atoms. The third-order valence-corrected chi connectivity index (χ3v) is 3.55. The quantitative estimate of drug-likeness (QED) is 0.711. The summed E-state index contributed by atoms with van der Waals surface area (Å²) in [7, 11) is 1.55. The van der Waals surface area contributed by atoms with Crippen molar-refractivity contribution in [3.63, 3.8) is 0 Å². The zero-order valence-corrected chi connectivity index (χ0v) is 15.0. The Labute approximate surface area is 151 Å². The zero-order chi connectivity index (χ0) is 18.1. The number of anilines is 1. The van der Waals surface area contributed by atoms with Gasteiger partial charge in [-0.2, -0.15) is 0 Å². The van der Waals surface area contributed by atoms with E-state index in [1.807, 2.05) is 6.92 Å². The van der Waals surface area contributed by atoms with Crippen LogP contribution in [0.15, 0.2) is 30.6 Å². The van der Waals surface area contributed by atoms with Crippen molar-refractivity contribution in [1.29, 1.82) is 0 Å². The molecule has 0 aliphatic rings. The summed E-state index contributed by atoms with van der Waals surface area (Å²) in [6.07, 6.45) is 3.58. The van der Waals surface area contributed by atoms with Crippen LogP contribution in [0.3, 0.4) is 0 Å². The van der Waals surface area contributed by atoms with Gasteiger partial charge in [-0.3, -0.25) is 4.79 Å². The van der Waals surface area contributed by atoms with Crippen LogP contribution in [0, 0.1) is 0 Å². The van der Waals surface area contributed by atoms with E-state index < -0.39 is 0 Å². The van der Waals surface area contributed by atoms with E-state index >= 15 is 0 Å². The molecular formula is C17H21ClN4O3. The maximum absolute atomic E-state index is 11.9. The highest BCUT2D eigenvalue weighted by atomic mass is 35.5. The number of carbonyl (C=O) groups excluding carboxylic acids is 1. The van der Waals surface area contributed by atoms with E-state index in [1.165, 1.54) is 0 Å². The molecule has 0 aliphatic carbocycles. The molecule has 0 radical (unpaired) electrons. The fourth-order valence-electron chi connectivity index (χ4n) is 2.13. The minimum absolute atomic E-state index is 0.0904. The maximum atomic E-state index is 11.9. The molecule has 0 aliphatic heterocycles. The van der Waals surface area contributed by atoms with Crippen LogP contribution in [-0.2, 0) is 11.3 Å². The summed E-state index contributed by atoms with van der Waals surface area (Å²) in [5.74, 6) is 1.46. The lowest BCUT2D eigenvalue weighted by molar-refractivity contribution is -0.121. The van der Waals surface area contributed by atoms with Gasteiger partial charge in [-0.25, -0.2) is 9.97 Å². The molecule has 2 aromatic rings. The predicted molar refractivity (Wildman–Crippen MR) is 96.2 cm³/mol. The second kappa shape index (κ2) is 9.68. The number of aromatic nitrogens is 2. The van der Waals surface area contributed by atoms with Gasteiger partial charge in [-0.1, -0.05) is 11.6 Å². The first kappa shape index (κ1) is 18.8. The lowest BCUT2D eigenvalue weighted by Gasteiger charge is -2.13. The molecule has 134 valence electrons. The van der Waals surface area contributed by atoms with E-state index in [1.54, 1.807) is 37.7 Å². The average molecular weight is 365 g/mol. The number of amides is 1. The summed E-state index contributed by atoms with van der Waals surface area (Å²) < 4.78 is 10.8. The van der Waals surface area contributed by atoms with Crippen molar-refractivity contribution in [2.45, 2.75) is 19.9 Å². The Morgan fingerprint density at radius 2 is 2.04 bits per heavy atom. The van der Waals surface area contributed by atoms with Gasteiger partial charge in [0.2, 0.25) is 11.9 Å². The van der Waals surface area contributed by atoms with E-state index in [-0.39, 0.29) is 5.91 Å². The highest BCUT2D eigenvalue weighted by molar-refractivity contribution is 6.32. The number of ether oxygens (including phenoxy) is 2. The molecule has 7 nitrogen and oxygen atoms in total. The second-order valence-corrected chi connectivity index (χ2v) is 5.48. The SMILES string of the molecule is CCOc1c(Cl)cc(CNC(=O)CCNc2ncccn2)cc1OC. The van der Waals surface area contributed by atoms with Crippen LogP contribution in [-0.4, -0.2) is 36.1 Å². The Morgan fingerprint density at radius 1 is 1.28 bits per heavy atom. The van der Waals surface area contributed by atoms with E-state index in [2.05, 4.69) is 20.6 Å². The Kier molecular flexibility index (Phi) is 7.28. The zero-order valence-electron chi connectivity index (χ0n) is 14.2. The van der Waals surface area contributed by atoms with Gasteiger partial charge in [0.25, 0.3) is 0 Å². The Balaban J connectivity index is 1.83. The van der Waals surface area contributed by atoms with E-state index in [0.717, 1.165) is 5.56 Å². The first-order chi connectivity index (χ1) is 12.1. The van der Waals surface area contributed by atoms with Gasteiger partial charge < -0.3 is 20.1 Å². The minimum atomic E-state index is -0.0904. The third kappa shape index (κ3) is 5.79. The van der Waals surface area contributed by atoms with Crippen molar-refractivity contribution in [1.82, 2.24) is 15.3 Å². The van der Waals surface area contributed by atoms with Gasteiger partial charge in [0.05, 0.1) is 18.7 Å². The molecule has 0 saturated heterocycles. The first-order valence-electron chi connectivity index (χ1n) is 7.90. The molecule has 1 aromatic carbocycles. The minimum Gasteiger partial charge on any atom is -0.493 e. The number of hydrogen-bond acceptors (Lipinski definition) is 6. The van der Waals surface area contributed by atoms with Crippen LogP contribution in [0.5, 0.6) is 11.5 Å². The highest BCUT2D eigenvalue weighted by Gasteiger charge is 2.12. The van der Waals surface area contributed by atoms with Gasteiger partial charge in [0.1, 0.15) is 0 Å². The number of methoxy groups -OCH3 is 1. The summed E-state index contributed by atoms with van der Waals surface area (Å²) in [6, 6.07) is 5.28. The molecule has 0 saturated carbocycles. The number of hydrogen-bond donors (Lipinski definition) is 2. The fourth-order valence-corrected chi connectivity index (χ4v) is 2.41. The van der Waals surface area contributed by atoms with Crippen LogP contribution in [0.1, 0.15) is 18.9 Å².